The van der Waals surface area contributed by atoms with Gasteiger partial charge in [0.05, 0.1) is 6.10 Å². The molecule has 3 aromatic rings. The molecule has 2 aromatic carbocycles. The average Bonchev–Trinajstić information content (AvgIpc) is 2.61. The van der Waals surface area contributed by atoms with E-state index in [1.165, 1.54) is 6.20 Å². The largest absolute Gasteiger partial charge is 0.391 e. The van der Waals surface area contributed by atoms with Gasteiger partial charge in [0.25, 0.3) is 5.91 Å². The molecule has 3 rings (SSSR count). The van der Waals surface area contributed by atoms with Gasteiger partial charge in [-0.2, -0.15) is 0 Å². The molecular formula is C19H18N2O3. The maximum absolute atomic E-state index is 12.4. The van der Waals surface area contributed by atoms with Crippen LogP contribution in [0.2, 0.25) is 0 Å². The van der Waals surface area contributed by atoms with Crippen molar-refractivity contribution >= 4 is 16.8 Å². The molecule has 5 heteroatoms. The molecule has 1 heterocycles. The number of carbonyl (C=O) groups excluding carboxylic acids is 1. The van der Waals surface area contributed by atoms with Crippen LogP contribution in [-0.4, -0.2) is 28.6 Å². The number of pyridine rings is 1. The van der Waals surface area contributed by atoms with Crippen LogP contribution in [0, 0.1) is 0 Å². The van der Waals surface area contributed by atoms with Gasteiger partial charge in [-0.25, -0.2) is 0 Å². The third-order valence-electron chi connectivity index (χ3n) is 3.85. The van der Waals surface area contributed by atoms with Gasteiger partial charge in [0.1, 0.15) is 5.56 Å². The summed E-state index contributed by atoms with van der Waals surface area (Å²) in [6.07, 6.45) is 1.13. The Bertz CT molecular complexity index is 903. The summed E-state index contributed by atoms with van der Waals surface area (Å²) >= 11 is 0. The minimum absolute atomic E-state index is 0.0422. The molecule has 0 aliphatic carbocycles. The zero-order valence-electron chi connectivity index (χ0n) is 13.0. The Kier molecular flexibility index (Phi) is 4.72. The van der Waals surface area contributed by atoms with Crippen LogP contribution < -0.4 is 10.7 Å². The summed E-state index contributed by atoms with van der Waals surface area (Å²) in [4.78, 5) is 27.5. The van der Waals surface area contributed by atoms with Gasteiger partial charge >= 0.3 is 0 Å². The number of aliphatic hydroxyl groups excluding tert-OH is 1. The van der Waals surface area contributed by atoms with Gasteiger partial charge in [-0.3, -0.25) is 9.59 Å². The predicted molar refractivity (Wildman–Crippen MR) is 93.1 cm³/mol. The fraction of sp³-hybridized carbons (Fsp3) is 0.158. The van der Waals surface area contributed by atoms with Gasteiger partial charge in [0, 0.05) is 30.1 Å². The quantitative estimate of drug-likeness (QED) is 0.670. The summed E-state index contributed by atoms with van der Waals surface area (Å²) in [7, 11) is 0. The molecule has 0 aliphatic heterocycles. The van der Waals surface area contributed by atoms with Crippen molar-refractivity contribution in [2.75, 3.05) is 6.54 Å². The molecule has 1 aromatic heterocycles. The summed E-state index contributed by atoms with van der Waals surface area (Å²) in [5.41, 5.74) is 1.39. The lowest BCUT2D eigenvalue weighted by Crippen LogP contribution is -2.35. The third-order valence-corrected chi connectivity index (χ3v) is 3.85. The minimum Gasteiger partial charge on any atom is -0.391 e. The molecule has 0 spiro atoms. The molecule has 0 fully saturated rings. The summed E-state index contributed by atoms with van der Waals surface area (Å²) in [5, 5.41) is 13.1. The second kappa shape index (κ2) is 7.10. The molecule has 1 atom stereocenters. The van der Waals surface area contributed by atoms with Crippen molar-refractivity contribution in [1.82, 2.24) is 10.3 Å². The number of hydrogen-bond donors (Lipinski definition) is 3. The minimum atomic E-state index is -0.712. The van der Waals surface area contributed by atoms with E-state index in [-0.39, 0.29) is 17.5 Å². The molecule has 5 nitrogen and oxygen atoms in total. The second-order valence-electron chi connectivity index (χ2n) is 5.63. The van der Waals surface area contributed by atoms with E-state index in [0.29, 0.717) is 17.3 Å². The highest BCUT2D eigenvalue weighted by atomic mass is 16.3. The van der Waals surface area contributed by atoms with Crippen molar-refractivity contribution in [3.63, 3.8) is 0 Å². The lowest BCUT2D eigenvalue weighted by molar-refractivity contribution is 0.0914. The van der Waals surface area contributed by atoms with Crippen molar-refractivity contribution in [2.45, 2.75) is 12.5 Å². The highest BCUT2D eigenvalue weighted by Gasteiger charge is 2.14. The fourth-order valence-electron chi connectivity index (χ4n) is 2.60. The zero-order valence-corrected chi connectivity index (χ0v) is 13.0. The van der Waals surface area contributed by atoms with Crippen molar-refractivity contribution < 1.29 is 9.90 Å². The normalized spacial score (nSPS) is 12.0. The predicted octanol–water partition coefficient (Wildman–Crippen LogP) is 1.86. The van der Waals surface area contributed by atoms with Crippen molar-refractivity contribution in [3.8, 4) is 0 Å². The monoisotopic (exact) mass is 322 g/mol. The van der Waals surface area contributed by atoms with Gasteiger partial charge in [-0.15, -0.1) is 0 Å². The number of nitrogens with one attached hydrogen (secondary N) is 2. The van der Waals surface area contributed by atoms with Crippen LogP contribution in [0.15, 0.2) is 65.6 Å². The molecule has 1 amide bonds. The van der Waals surface area contributed by atoms with Gasteiger partial charge in [-0.1, -0.05) is 42.5 Å². The first-order valence-corrected chi connectivity index (χ1v) is 7.76. The number of aliphatic hydroxyl groups is 1. The van der Waals surface area contributed by atoms with Crippen LogP contribution in [0.25, 0.3) is 10.9 Å². The summed E-state index contributed by atoms with van der Waals surface area (Å²) in [6.45, 7) is 0.0833. The van der Waals surface area contributed by atoms with Crippen LogP contribution in [-0.2, 0) is 6.42 Å². The van der Waals surface area contributed by atoms with Crippen LogP contribution >= 0.6 is 0 Å². The highest BCUT2D eigenvalue weighted by molar-refractivity contribution is 5.97. The molecule has 0 aliphatic rings. The number of amides is 1. The number of aromatic nitrogens is 1. The van der Waals surface area contributed by atoms with Crippen LogP contribution in [0.5, 0.6) is 0 Å². The average molecular weight is 322 g/mol. The summed E-state index contributed by atoms with van der Waals surface area (Å²) in [5.74, 6) is -0.492. The fourth-order valence-corrected chi connectivity index (χ4v) is 2.60. The third kappa shape index (κ3) is 3.52. The highest BCUT2D eigenvalue weighted by Crippen LogP contribution is 2.07. The van der Waals surface area contributed by atoms with E-state index < -0.39 is 12.0 Å². The number of aromatic amines is 1. The smallest absolute Gasteiger partial charge is 0.256 e. The maximum atomic E-state index is 12.4. The van der Waals surface area contributed by atoms with E-state index in [9.17, 15) is 14.7 Å². The Morgan fingerprint density at radius 3 is 2.58 bits per heavy atom. The van der Waals surface area contributed by atoms with E-state index >= 15 is 0 Å². The van der Waals surface area contributed by atoms with Crippen LogP contribution in [0.4, 0.5) is 0 Å². The summed E-state index contributed by atoms with van der Waals surface area (Å²) < 4.78 is 0. The molecule has 122 valence electrons. The topological polar surface area (TPSA) is 82.2 Å². The zero-order chi connectivity index (χ0) is 16.9. The van der Waals surface area contributed by atoms with E-state index in [4.69, 9.17) is 0 Å². The number of para-hydroxylation sites is 1. The van der Waals surface area contributed by atoms with Crippen LogP contribution in [0.1, 0.15) is 15.9 Å². The number of fused-ring (bicyclic) bond motifs is 1. The standard InChI is InChI=1S/C19H18N2O3/c22-14(10-13-6-2-1-3-7-13)11-21-19(24)16-12-20-17-9-5-4-8-15(17)18(16)23/h1-9,12,14,22H,10-11H2,(H,20,23)(H,21,24). The summed E-state index contributed by atoms with van der Waals surface area (Å²) in [6, 6.07) is 16.6. The lowest BCUT2D eigenvalue weighted by atomic mass is 10.1. The second-order valence-corrected chi connectivity index (χ2v) is 5.63. The van der Waals surface area contributed by atoms with Crippen molar-refractivity contribution in [3.05, 3.63) is 82.1 Å². The first-order valence-electron chi connectivity index (χ1n) is 7.76. The van der Waals surface area contributed by atoms with Gasteiger partial charge in [0.15, 0.2) is 0 Å². The van der Waals surface area contributed by atoms with Gasteiger partial charge in [0.2, 0.25) is 5.43 Å². The number of benzene rings is 2. The van der Waals surface area contributed by atoms with Crippen molar-refractivity contribution in [2.24, 2.45) is 0 Å². The first kappa shape index (κ1) is 16.0. The Morgan fingerprint density at radius 1 is 1.08 bits per heavy atom. The van der Waals surface area contributed by atoms with E-state index in [0.717, 1.165) is 5.56 Å². The van der Waals surface area contributed by atoms with E-state index in [1.54, 1.807) is 18.2 Å². The molecule has 0 saturated carbocycles. The van der Waals surface area contributed by atoms with E-state index in [1.807, 2.05) is 36.4 Å². The molecule has 0 saturated heterocycles. The Hall–Kier alpha value is -2.92. The molecular weight excluding hydrogens is 304 g/mol. The molecule has 3 N–H and O–H groups in total. The van der Waals surface area contributed by atoms with Gasteiger partial charge < -0.3 is 15.4 Å². The van der Waals surface area contributed by atoms with E-state index in [2.05, 4.69) is 10.3 Å². The Morgan fingerprint density at radius 2 is 1.79 bits per heavy atom. The molecule has 1 unspecified atom stereocenters. The molecule has 0 radical (unpaired) electrons. The molecule has 24 heavy (non-hydrogen) atoms. The molecule has 0 bridgehead atoms. The Labute approximate surface area is 139 Å². The SMILES string of the molecule is O=C(NCC(O)Cc1ccccc1)c1c[nH]c2ccccc2c1=O. The number of rotatable bonds is 5. The number of hydrogen-bond acceptors (Lipinski definition) is 3. The first-order chi connectivity index (χ1) is 11.6. The van der Waals surface area contributed by atoms with Crippen molar-refractivity contribution in [1.29, 1.82) is 0 Å². The maximum Gasteiger partial charge on any atom is 0.256 e. The van der Waals surface area contributed by atoms with Crippen LogP contribution in [0.3, 0.4) is 0 Å². The van der Waals surface area contributed by atoms with Gasteiger partial charge in [-0.05, 0) is 17.7 Å². The Balaban J connectivity index is 1.67. The number of H-pyrrole nitrogens is 1. The number of carbonyl (C=O) groups is 1. The lowest BCUT2D eigenvalue weighted by Gasteiger charge is -2.12.